The molecule has 1 aromatic carbocycles. The molecule has 0 radical (unpaired) electrons. The van der Waals surface area contributed by atoms with Crippen LogP contribution in [0.2, 0.25) is 0 Å². The molecule has 3 rings (SSSR count). The topological polar surface area (TPSA) is 73.6 Å². The maximum absolute atomic E-state index is 12.4. The number of carbonyl (C=O) groups is 1. The Labute approximate surface area is 172 Å². The highest BCUT2D eigenvalue weighted by Gasteiger charge is 2.19. The average molecular weight is 445 g/mol. The lowest BCUT2D eigenvalue weighted by molar-refractivity contribution is 0.0948. The molecule has 0 saturated heterocycles. The first-order chi connectivity index (χ1) is 13.5. The van der Waals surface area contributed by atoms with Crippen LogP contribution in [0.15, 0.2) is 51.5 Å². The minimum atomic E-state index is -0.202. The Morgan fingerprint density at radius 2 is 1.89 bits per heavy atom. The van der Waals surface area contributed by atoms with Crippen LogP contribution in [0.1, 0.15) is 34.4 Å². The molecular formula is C21H21BrN2O4. The van der Waals surface area contributed by atoms with Crippen molar-refractivity contribution in [1.82, 2.24) is 10.3 Å². The van der Waals surface area contributed by atoms with Crippen LogP contribution in [0.4, 0.5) is 0 Å². The summed E-state index contributed by atoms with van der Waals surface area (Å²) >= 11 is 3.39. The summed E-state index contributed by atoms with van der Waals surface area (Å²) in [5.41, 5.74) is 1.37. The molecule has 0 aliphatic carbocycles. The van der Waals surface area contributed by atoms with Gasteiger partial charge in [0.1, 0.15) is 11.5 Å². The fourth-order valence-corrected chi connectivity index (χ4v) is 3.22. The molecule has 0 bridgehead atoms. The van der Waals surface area contributed by atoms with Crippen molar-refractivity contribution < 1.29 is 18.7 Å². The Bertz CT molecular complexity index is 967. The van der Waals surface area contributed by atoms with Gasteiger partial charge in [0.05, 0.1) is 16.6 Å². The van der Waals surface area contributed by atoms with E-state index < -0.39 is 0 Å². The number of aromatic nitrogens is 1. The highest BCUT2D eigenvalue weighted by atomic mass is 79.9. The molecule has 0 aliphatic rings. The van der Waals surface area contributed by atoms with Gasteiger partial charge in [-0.2, -0.15) is 0 Å². The number of hydrogen-bond donors (Lipinski definition) is 1. The van der Waals surface area contributed by atoms with Crippen molar-refractivity contribution in [2.75, 3.05) is 6.61 Å². The van der Waals surface area contributed by atoms with Gasteiger partial charge in [0, 0.05) is 18.8 Å². The summed E-state index contributed by atoms with van der Waals surface area (Å²) < 4.78 is 17.5. The Balaban J connectivity index is 1.63. The number of halogens is 1. The van der Waals surface area contributed by atoms with Crippen molar-refractivity contribution in [3.8, 4) is 17.4 Å². The highest BCUT2D eigenvalue weighted by Crippen LogP contribution is 2.30. The van der Waals surface area contributed by atoms with Crippen LogP contribution in [-0.4, -0.2) is 17.5 Å². The normalized spacial score (nSPS) is 10.6. The number of nitrogens with one attached hydrogen (secondary N) is 1. The number of pyridine rings is 1. The first kappa shape index (κ1) is 19.9. The average Bonchev–Trinajstić information content (AvgIpc) is 2.94. The van der Waals surface area contributed by atoms with Gasteiger partial charge in [0.25, 0.3) is 5.91 Å². The van der Waals surface area contributed by atoms with Crippen molar-refractivity contribution in [1.29, 1.82) is 0 Å². The Kier molecular flexibility index (Phi) is 6.36. The van der Waals surface area contributed by atoms with Crippen molar-refractivity contribution in [2.45, 2.75) is 27.3 Å². The van der Waals surface area contributed by atoms with E-state index in [1.165, 1.54) is 0 Å². The van der Waals surface area contributed by atoms with Gasteiger partial charge >= 0.3 is 0 Å². The summed E-state index contributed by atoms with van der Waals surface area (Å²) in [5, 5.41) is 2.88. The van der Waals surface area contributed by atoms with E-state index in [1.54, 1.807) is 26.1 Å². The van der Waals surface area contributed by atoms with Crippen molar-refractivity contribution in [2.24, 2.45) is 0 Å². The van der Waals surface area contributed by atoms with E-state index in [-0.39, 0.29) is 5.91 Å². The van der Waals surface area contributed by atoms with Crippen LogP contribution in [0.25, 0.3) is 0 Å². The molecule has 2 aromatic heterocycles. The predicted octanol–water partition coefficient (Wildman–Crippen LogP) is 5.17. The smallest absolute Gasteiger partial charge is 0.256 e. The minimum Gasteiger partial charge on any atom is -0.490 e. The molecule has 0 atom stereocenters. The van der Waals surface area contributed by atoms with E-state index in [0.29, 0.717) is 52.1 Å². The van der Waals surface area contributed by atoms with Gasteiger partial charge in [-0.15, -0.1) is 0 Å². The number of ether oxygens (including phenoxy) is 2. The molecule has 0 saturated carbocycles. The zero-order chi connectivity index (χ0) is 20.1. The number of rotatable bonds is 7. The van der Waals surface area contributed by atoms with Crippen LogP contribution >= 0.6 is 15.9 Å². The summed E-state index contributed by atoms with van der Waals surface area (Å²) in [7, 11) is 0. The van der Waals surface area contributed by atoms with Gasteiger partial charge in [-0.25, -0.2) is 4.98 Å². The third kappa shape index (κ3) is 4.54. The first-order valence-electron chi connectivity index (χ1n) is 8.88. The number of benzene rings is 1. The number of nitrogens with zero attached hydrogens (tertiary/aromatic N) is 1. The number of aryl methyl sites for hydroxylation is 2. The predicted molar refractivity (Wildman–Crippen MR) is 109 cm³/mol. The van der Waals surface area contributed by atoms with Crippen molar-refractivity contribution in [3.63, 3.8) is 0 Å². The quantitative estimate of drug-likeness (QED) is 0.543. The molecule has 6 nitrogen and oxygen atoms in total. The zero-order valence-electron chi connectivity index (χ0n) is 15.9. The molecule has 0 spiro atoms. The SMILES string of the molecule is CCOc1ccccc1Oc1ccc(CNC(=O)c2c(C)oc(C)c2Br)cn1. The summed E-state index contributed by atoms with van der Waals surface area (Å²) in [6.45, 7) is 6.39. The van der Waals surface area contributed by atoms with Crippen LogP contribution < -0.4 is 14.8 Å². The number of para-hydroxylation sites is 2. The highest BCUT2D eigenvalue weighted by molar-refractivity contribution is 9.10. The van der Waals surface area contributed by atoms with E-state index in [1.807, 2.05) is 37.3 Å². The molecule has 1 amide bonds. The fraction of sp³-hybridized carbons (Fsp3) is 0.238. The summed E-state index contributed by atoms with van der Waals surface area (Å²) in [5.74, 6) is 2.78. The standard InChI is InChI=1S/C21H21BrN2O4/c1-4-26-16-7-5-6-8-17(16)28-18-10-9-15(11-23-18)12-24-21(25)19-13(2)27-14(3)20(19)22/h5-11H,4,12H2,1-3H3,(H,24,25). The Morgan fingerprint density at radius 1 is 1.14 bits per heavy atom. The molecule has 3 aromatic rings. The summed E-state index contributed by atoms with van der Waals surface area (Å²) in [6, 6.07) is 11.0. The van der Waals surface area contributed by atoms with E-state index in [9.17, 15) is 4.79 Å². The largest absolute Gasteiger partial charge is 0.490 e. The van der Waals surface area contributed by atoms with Gasteiger partial charge in [-0.3, -0.25) is 4.79 Å². The molecule has 0 fully saturated rings. The second-order valence-electron chi connectivity index (χ2n) is 6.07. The first-order valence-corrected chi connectivity index (χ1v) is 9.67. The Morgan fingerprint density at radius 3 is 2.50 bits per heavy atom. The van der Waals surface area contributed by atoms with Crippen molar-refractivity contribution >= 4 is 21.8 Å². The minimum absolute atomic E-state index is 0.202. The van der Waals surface area contributed by atoms with E-state index in [2.05, 4.69) is 26.2 Å². The molecule has 146 valence electrons. The third-order valence-electron chi connectivity index (χ3n) is 4.03. The molecule has 0 unspecified atom stereocenters. The lowest BCUT2D eigenvalue weighted by atomic mass is 10.2. The van der Waals surface area contributed by atoms with Gasteiger partial charge < -0.3 is 19.2 Å². The van der Waals surface area contributed by atoms with Crippen molar-refractivity contribution in [3.05, 3.63) is 69.7 Å². The maximum Gasteiger partial charge on any atom is 0.256 e. The van der Waals surface area contributed by atoms with Gasteiger partial charge in [-0.05, 0) is 54.4 Å². The van der Waals surface area contributed by atoms with Gasteiger partial charge in [0.15, 0.2) is 11.5 Å². The van der Waals surface area contributed by atoms with Gasteiger partial charge in [0.2, 0.25) is 5.88 Å². The van der Waals surface area contributed by atoms with Crippen LogP contribution in [-0.2, 0) is 6.54 Å². The van der Waals surface area contributed by atoms with Crippen LogP contribution in [0.5, 0.6) is 17.4 Å². The molecule has 7 heteroatoms. The molecular weight excluding hydrogens is 424 g/mol. The second-order valence-corrected chi connectivity index (χ2v) is 6.87. The number of amides is 1. The monoisotopic (exact) mass is 444 g/mol. The number of hydrogen-bond acceptors (Lipinski definition) is 5. The molecule has 0 aliphatic heterocycles. The Hall–Kier alpha value is -2.80. The van der Waals surface area contributed by atoms with Crippen LogP contribution in [0, 0.1) is 13.8 Å². The van der Waals surface area contributed by atoms with Crippen LogP contribution in [0.3, 0.4) is 0 Å². The third-order valence-corrected chi connectivity index (χ3v) is 4.98. The lowest BCUT2D eigenvalue weighted by Crippen LogP contribution is -2.23. The zero-order valence-corrected chi connectivity index (χ0v) is 17.5. The number of furan rings is 1. The number of carbonyl (C=O) groups excluding carboxylic acids is 1. The molecule has 28 heavy (non-hydrogen) atoms. The molecule has 2 heterocycles. The van der Waals surface area contributed by atoms with E-state index >= 15 is 0 Å². The summed E-state index contributed by atoms with van der Waals surface area (Å²) in [6.07, 6.45) is 1.67. The second kappa shape index (κ2) is 8.93. The fourth-order valence-electron chi connectivity index (χ4n) is 2.68. The maximum atomic E-state index is 12.4. The molecule has 1 N–H and O–H groups in total. The van der Waals surface area contributed by atoms with E-state index in [4.69, 9.17) is 13.9 Å². The lowest BCUT2D eigenvalue weighted by Gasteiger charge is -2.11. The summed E-state index contributed by atoms with van der Waals surface area (Å²) in [4.78, 5) is 16.7. The van der Waals surface area contributed by atoms with E-state index in [0.717, 1.165) is 5.56 Å². The van der Waals surface area contributed by atoms with Gasteiger partial charge in [-0.1, -0.05) is 18.2 Å².